The molecular formula is C24H31N3O2. The van der Waals surface area contributed by atoms with Crippen LogP contribution in [0.2, 0.25) is 0 Å². The number of likely N-dealkylation sites (N-methyl/N-ethyl adjacent to an activating group) is 1. The number of hydrogen-bond donors (Lipinski definition) is 0. The van der Waals surface area contributed by atoms with Gasteiger partial charge in [0.2, 0.25) is 0 Å². The third-order valence-corrected chi connectivity index (χ3v) is 6.40. The molecule has 4 rings (SSSR count). The summed E-state index contributed by atoms with van der Waals surface area (Å²) in [4.78, 5) is 20.0. The van der Waals surface area contributed by atoms with E-state index in [4.69, 9.17) is 4.74 Å². The molecule has 0 unspecified atom stereocenters. The van der Waals surface area contributed by atoms with Crippen molar-refractivity contribution in [3.8, 4) is 0 Å². The highest BCUT2D eigenvalue weighted by Crippen LogP contribution is 2.30. The number of ether oxygens (including phenoxy) is 1. The molecule has 0 aliphatic carbocycles. The second-order valence-corrected chi connectivity index (χ2v) is 8.16. The number of amides is 1. The third kappa shape index (κ3) is 4.02. The lowest BCUT2D eigenvalue weighted by atomic mass is 9.97. The van der Waals surface area contributed by atoms with Crippen LogP contribution in [0.1, 0.15) is 22.7 Å². The van der Waals surface area contributed by atoms with Crippen LogP contribution in [0.5, 0.6) is 0 Å². The third-order valence-electron chi connectivity index (χ3n) is 6.40. The molecule has 1 amide bonds. The molecule has 2 aliphatic rings. The number of benzene rings is 2. The molecule has 2 aromatic rings. The predicted octanol–water partition coefficient (Wildman–Crippen LogP) is 3.02. The van der Waals surface area contributed by atoms with Crippen LogP contribution in [-0.2, 0) is 9.53 Å². The summed E-state index contributed by atoms with van der Waals surface area (Å²) in [6, 6.07) is 16.7. The zero-order valence-electron chi connectivity index (χ0n) is 17.7. The number of hydrogen-bond acceptors (Lipinski definition) is 4. The Morgan fingerprint density at radius 3 is 2.38 bits per heavy atom. The van der Waals surface area contributed by atoms with Gasteiger partial charge in [-0.1, -0.05) is 42.5 Å². The molecule has 2 aromatic carbocycles. The van der Waals surface area contributed by atoms with E-state index in [1.54, 1.807) is 0 Å². The first kappa shape index (κ1) is 19.9. The van der Waals surface area contributed by atoms with Gasteiger partial charge >= 0.3 is 0 Å². The van der Waals surface area contributed by atoms with E-state index in [1.807, 2.05) is 23.1 Å². The molecule has 5 heteroatoms. The van der Waals surface area contributed by atoms with Crippen LogP contribution in [0.15, 0.2) is 48.5 Å². The monoisotopic (exact) mass is 393 g/mol. The first-order valence-corrected chi connectivity index (χ1v) is 10.5. The number of piperazine rings is 1. The SMILES string of the molecule is Cc1cccc(N2CCN(C(=O)[C@@H]3OCCN(C)[C@H]3c3ccccc3)CC2)c1C. The number of carbonyl (C=O) groups is 1. The number of carbonyl (C=O) groups excluding carboxylic acids is 1. The van der Waals surface area contributed by atoms with Crippen molar-refractivity contribution in [2.75, 3.05) is 51.3 Å². The Hall–Kier alpha value is -2.37. The second-order valence-electron chi connectivity index (χ2n) is 8.16. The summed E-state index contributed by atoms with van der Waals surface area (Å²) < 4.78 is 6.03. The molecule has 2 saturated heterocycles. The van der Waals surface area contributed by atoms with Gasteiger partial charge in [0.15, 0.2) is 6.10 Å². The predicted molar refractivity (Wildman–Crippen MR) is 116 cm³/mol. The lowest BCUT2D eigenvalue weighted by Gasteiger charge is -2.43. The number of rotatable bonds is 3. The first-order valence-electron chi connectivity index (χ1n) is 10.5. The van der Waals surface area contributed by atoms with Gasteiger partial charge in [-0.05, 0) is 43.7 Å². The Balaban J connectivity index is 1.46. The topological polar surface area (TPSA) is 36.0 Å². The maximum Gasteiger partial charge on any atom is 0.253 e. The smallest absolute Gasteiger partial charge is 0.253 e. The number of aryl methyl sites for hydroxylation is 1. The van der Waals surface area contributed by atoms with E-state index < -0.39 is 6.10 Å². The van der Waals surface area contributed by atoms with Gasteiger partial charge in [0.1, 0.15) is 0 Å². The summed E-state index contributed by atoms with van der Waals surface area (Å²) in [5.74, 6) is 0.117. The zero-order chi connectivity index (χ0) is 20.4. The molecule has 5 nitrogen and oxygen atoms in total. The first-order chi connectivity index (χ1) is 14.1. The minimum atomic E-state index is -0.441. The Kier molecular flexibility index (Phi) is 5.88. The maximum absolute atomic E-state index is 13.4. The highest BCUT2D eigenvalue weighted by molar-refractivity contribution is 5.82. The summed E-state index contributed by atoms with van der Waals surface area (Å²) in [6.07, 6.45) is -0.441. The molecule has 2 heterocycles. The zero-order valence-corrected chi connectivity index (χ0v) is 17.7. The Morgan fingerprint density at radius 1 is 0.931 bits per heavy atom. The minimum Gasteiger partial charge on any atom is -0.368 e. The number of morpholine rings is 1. The molecule has 2 fully saturated rings. The van der Waals surface area contributed by atoms with Gasteiger partial charge in [0.05, 0.1) is 12.6 Å². The van der Waals surface area contributed by atoms with Crippen molar-refractivity contribution in [3.63, 3.8) is 0 Å². The van der Waals surface area contributed by atoms with E-state index in [2.05, 4.69) is 61.0 Å². The van der Waals surface area contributed by atoms with Crippen LogP contribution < -0.4 is 4.90 Å². The molecular weight excluding hydrogens is 362 g/mol. The van der Waals surface area contributed by atoms with Crippen LogP contribution in [0.25, 0.3) is 0 Å². The van der Waals surface area contributed by atoms with Crippen molar-refractivity contribution in [1.82, 2.24) is 9.80 Å². The van der Waals surface area contributed by atoms with Crippen LogP contribution in [0.4, 0.5) is 5.69 Å². The summed E-state index contributed by atoms with van der Waals surface area (Å²) in [6.45, 7) is 8.94. The van der Waals surface area contributed by atoms with Gasteiger partial charge in [0.25, 0.3) is 5.91 Å². The highest BCUT2D eigenvalue weighted by atomic mass is 16.5. The standard InChI is InChI=1S/C24H31N3O2/c1-18-8-7-11-21(19(18)2)26-12-14-27(15-13-26)24(28)23-22(25(3)16-17-29-23)20-9-5-4-6-10-20/h4-11,22-23H,12-17H2,1-3H3/t22-,23+/m0/s1. The van der Waals surface area contributed by atoms with Crippen LogP contribution in [-0.4, -0.2) is 68.2 Å². The molecule has 154 valence electrons. The van der Waals surface area contributed by atoms with Crippen molar-refractivity contribution in [2.45, 2.75) is 26.0 Å². The van der Waals surface area contributed by atoms with Gasteiger partial charge in [-0.15, -0.1) is 0 Å². The molecule has 29 heavy (non-hydrogen) atoms. The molecule has 2 aliphatic heterocycles. The summed E-state index contributed by atoms with van der Waals surface area (Å²) in [5, 5.41) is 0. The van der Waals surface area contributed by atoms with E-state index in [1.165, 1.54) is 16.8 Å². The van der Waals surface area contributed by atoms with E-state index in [9.17, 15) is 4.79 Å². The van der Waals surface area contributed by atoms with Crippen LogP contribution >= 0.6 is 0 Å². The number of nitrogens with zero attached hydrogens (tertiary/aromatic N) is 3. The van der Waals surface area contributed by atoms with Gasteiger partial charge in [-0.2, -0.15) is 0 Å². The Bertz CT molecular complexity index is 846. The second kappa shape index (κ2) is 8.56. The van der Waals surface area contributed by atoms with E-state index in [0.29, 0.717) is 6.61 Å². The molecule has 0 radical (unpaired) electrons. The van der Waals surface area contributed by atoms with Crippen molar-refractivity contribution in [1.29, 1.82) is 0 Å². The van der Waals surface area contributed by atoms with Crippen molar-refractivity contribution in [3.05, 3.63) is 65.2 Å². The lowest BCUT2D eigenvalue weighted by molar-refractivity contribution is -0.155. The van der Waals surface area contributed by atoms with Crippen molar-refractivity contribution in [2.24, 2.45) is 0 Å². The largest absolute Gasteiger partial charge is 0.368 e. The van der Waals surface area contributed by atoms with Gasteiger partial charge in [-0.3, -0.25) is 9.69 Å². The fourth-order valence-electron chi connectivity index (χ4n) is 4.50. The average molecular weight is 394 g/mol. The Morgan fingerprint density at radius 2 is 1.66 bits per heavy atom. The van der Waals surface area contributed by atoms with Crippen LogP contribution in [0.3, 0.4) is 0 Å². The minimum absolute atomic E-state index is 0.0329. The van der Waals surface area contributed by atoms with Crippen LogP contribution in [0, 0.1) is 13.8 Å². The van der Waals surface area contributed by atoms with Gasteiger partial charge in [0, 0.05) is 38.4 Å². The van der Waals surface area contributed by atoms with E-state index in [0.717, 1.165) is 38.3 Å². The molecule has 0 spiro atoms. The highest BCUT2D eigenvalue weighted by Gasteiger charge is 2.39. The number of anilines is 1. The van der Waals surface area contributed by atoms with Crippen molar-refractivity contribution < 1.29 is 9.53 Å². The van der Waals surface area contributed by atoms with Crippen molar-refractivity contribution >= 4 is 11.6 Å². The van der Waals surface area contributed by atoms with E-state index in [-0.39, 0.29) is 11.9 Å². The normalized spacial score (nSPS) is 23.3. The van der Waals surface area contributed by atoms with Gasteiger partial charge in [-0.25, -0.2) is 0 Å². The maximum atomic E-state index is 13.4. The Labute approximate surface area is 173 Å². The summed E-state index contributed by atoms with van der Waals surface area (Å²) >= 11 is 0. The van der Waals surface area contributed by atoms with Gasteiger partial charge < -0.3 is 14.5 Å². The molecule has 0 saturated carbocycles. The lowest BCUT2D eigenvalue weighted by Crippen LogP contribution is -2.56. The molecule has 2 atom stereocenters. The average Bonchev–Trinajstić information content (AvgIpc) is 2.76. The fourth-order valence-corrected chi connectivity index (χ4v) is 4.50. The van der Waals surface area contributed by atoms with E-state index >= 15 is 0 Å². The quantitative estimate of drug-likeness (QED) is 0.803. The molecule has 0 bridgehead atoms. The summed E-state index contributed by atoms with van der Waals surface area (Å²) in [5.41, 5.74) is 5.06. The molecule has 0 N–H and O–H groups in total. The molecule has 0 aromatic heterocycles. The fraction of sp³-hybridized carbons (Fsp3) is 0.458. The summed E-state index contributed by atoms with van der Waals surface area (Å²) in [7, 11) is 2.08.